The van der Waals surface area contributed by atoms with Gasteiger partial charge >= 0.3 is 5.97 Å². The Morgan fingerprint density at radius 3 is 3.19 bits per heavy atom. The molecule has 1 aliphatic rings. The molecule has 0 aliphatic carbocycles. The summed E-state index contributed by atoms with van der Waals surface area (Å²) in [7, 11) is 1.38. The van der Waals surface area contributed by atoms with Crippen LogP contribution in [0.1, 0.15) is 18.4 Å². The number of carbonyl (C=O) groups is 1. The Hall–Kier alpha value is -1.58. The molecule has 1 aromatic rings. The van der Waals surface area contributed by atoms with Gasteiger partial charge in [0, 0.05) is 11.7 Å². The van der Waals surface area contributed by atoms with Crippen molar-refractivity contribution in [2.75, 3.05) is 12.4 Å². The largest absolute Gasteiger partial charge is 0.469 e. The number of methoxy groups -OCH3 is 1. The second-order valence-electron chi connectivity index (χ2n) is 3.96. The maximum absolute atomic E-state index is 13.0. The molecule has 2 rings (SSSR count). The summed E-state index contributed by atoms with van der Waals surface area (Å²) in [5.74, 6) is -0.435. The molecule has 16 heavy (non-hydrogen) atoms. The van der Waals surface area contributed by atoms with Crippen molar-refractivity contribution in [2.24, 2.45) is 0 Å². The monoisotopic (exact) mass is 223 g/mol. The Morgan fingerprint density at radius 1 is 1.62 bits per heavy atom. The van der Waals surface area contributed by atoms with Crippen molar-refractivity contribution in [1.29, 1.82) is 0 Å². The molecular weight excluding hydrogens is 209 g/mol. The van der Waals surface area contributed by atoms with Gasteiger partial charge in [-0.2, -0.15) is 0 Å². The summed E-state index contributed by atoms with van der Waals surface area (Å²) < 4.78 is 17.6. The van der Waals surface area contributed by atoms with Gasteiger partial charge in [0.1, 0.15) is 5.82 Å². The number of anilines is 1. The van der Waals surface area contributed by atoms with Crippen molar-refractivity contribution in [2.45, 2.75) is 25.3 Å². The lowest BCUT2D eigenvalue weighted by atomic mass is 9.96. The van der Waals surface area contributed by atoms with E-state index in [1.54, 1.807) is 6.07 Å². The summed E-state index contributed by atoms with van der Waals surface area (Å²) in [5.41, 5.74) is 1.89. The number of nitrogens with one attached hydrogen (secondary N) is 1. The summed E-state index contributed by atoms with van der Waals surface area (Å²) in [6.07, 6.45) is 1.97. The Balaban J connectivity index is 2.06. The van der Waals surface area contributed by atoms with E-state index in [9.17, 15) is 9.18 Å². The fourth-order valence-corrected chi connectivity index (χ4v) is 1.97. The van der Waals surface area contributed by atoms with Gasteiger partial charge in [0.2, 0.25) is 0 Å². The van der Waals surface area contributed by atoms with Gasteiger partial charge in [-0.15, -0.1) is 0 Å². The smallest absolute Gasteiger partial charge is 0.307 e. The zero-order valence-electron chi connectivity index (χ0n) is 9.13. The molecule has 0 fully saturated rings. The molecule has 1 heterocycles. The van der Waals surface area contributed by atoms with Crippen molar-refractivity contribution in [1.82, 2.24) is 0 Å². The van der Waals surface area contributed by atoms with Crippen LogP contribution in [0.4, 0.5) is 10.1 Å². The van der Waals surface area contributed by atoms with E-state index < -0.39 is 0 Å². The molecule has 86 valence electrons. The van der Waals surface area contributed by atoms with Crippen molar-refractivity contribution in [3.05, 3.63) is 29.6 Å². The second-order valence-corrected chi connectivity index (χ2v) is 3.96. The fraction of sp³-hybridized carbons (Fsp3) is 0.417. The highest BCUT2D eigenvalue weighted by Crippen LogP contribution is 2.26. The second kappa shape index (κ2) is 4.51. The van der Waals surface area contributed by atoms with Crippen LogP contribution in [-0.4, -0.2) is 19.1 Å². The van der Waals surface area contributed by atoms with Crippen molar-refractivity contribution >= 4 is 11.7 Å². The highest BCUT2D eigenvalue weighted by atomic mass is 19.1. The van der Waals surface area contributed by atoms with Crippen LogP contribution < -0.4 is 5.32 Å². The van der Waals surface area contributed by atoms with Gasteiger partial charge in [0.05, 0.1) is 13.5 Å². The highest BCUT2D eigenvalue weighted by molar-refractivity contribution is 5.71. The van der Waals surface area contributed by atoms with E-state index in [1.807, 2.05) is 0 Å². The molecule has 0 aromatic heterocycles. The summed E-state index contributed by atoms with van der Waals surface area (Å²) in [6.45, 7) is 0. The predicted molar refractivity (Wildman–Crippen MR) is 58.8 cm³/mol. The van der Waals surface area contributed by atoms with E-state index in [2.05, 4.69) is 10.1 Å². The number of aryl methyl sites for hydroxylation is 1. The molecule has 1 unspecified atom stereocenters. The minimum Gasteiger partial charge on any atom is -0.469 e. The highest BCUT2D eigenvalue weighted by Gasteiger charge is 2.20. The lowest BCUT2D eigenvalue weighted by Crippen LogP contribution is -2.28. The molecular formula is C12H14FNO2. The third-order valence-corrected chi connectivity index (χ3v) is 2.83. The molecule has 1 N–H and O–H groups in total. The van der Waals surface area contributed by atoms with E-state index in [1.165, 1.54) is 19.2 Å². The van der Waals surface area contributed by atoms with E-state index >= 15 is 0 Å². The van der Waals surface area contributed by atoms with Gasteiger partial charge in [-0.1, -0.05) is 0 Å². The van der Waals surface area contributed by atoms with Gasteiger partial charge in [0.25, 0.3) is 0 Å². The zero-order chi connectivity index (χ0) is 11.5. The van der Waals surface area contributed by atoms with Crippen molar-refractivity contribution < 1.29 is 13.9 Å². The van der Waals surface area contributed by atoms with Crippen LogP contribution in [0.5, 0.6) is 0 Å². The van der Waals surface area contributed by atoms with Gasteiger partial charge in [0.15, 0.2) is 0 Å². The van der Waals surface area contributed by atoms with E-state index in [-0.39, 0.29) is 17.8 Å². The first-order valence-corrected chi connectivity index (χ1v) is 5.31. The van der Waals surface area contributed by atoms with Crippen LogP contribution in [0.2, 0.25) is 0 Å². The third kappa shape index (κ3) is 2.32. The van der Waals surface area contributed by atoms with Crippen LogP contribution in [-0.2, 0) is 16.0 Å². The van der Waals surface area contributed by atoms with Gasteiger partial charge in [-0.3, -0.25) is 4.79 Å². The van der Waals surface area contributed by atoms with Gasteiger partial charge < -0.3 is 10.1 Å². The van der Waals surface area contributed by atoms with Gasteiger partial charge in [-0.05, 0) is 36.6 Å². The Labute approximate surface area is 93.6 Å². The van der Waals surface area contributed by atoms with E-state index in [0.29, 0.717) is 6.42 Å². The summed E-state index contributed by atoms with van der Waals surface area (Å²) >= 11 is 0. The van der Waals surface area contributed by atoms with Crippen LogP contribution in [0.3, 0.4) is 0 Å². The lowest BCUT2D eigenvalue weighted by Gasteiger charge is -2.26. The average Bonchev–Trinajstić information content (AvgIpc) is 2.29. The maximum Gasteiger partial charge on any atom is 0.307 e. The molecule has 3 nitrogen and oxygen atoms in total. The van der Waals surface area contributed by atoms with Crippen LogP contribution in [0, 0.1) is 5.82 Å². The molecule has 0 radical (unpaired) electrons. The summed E-state index contributed by atoms with van der Waals surface area (Å²) in [5, 5.41) is 3.22. The summed E-state index contributed by atoms with van der Waals surface area (Å²) in [4.78, 5) is 11.1. The molecule has 0 spiro atoms. The number of hydrogen-bond donors (Lipinski definition) is 1. The molecule has 1 atom stereocenters. The Morgan fingerprint density at radius 2 is 2.44 bits per heavy atom. The third-order valence-electron chi connectivity index (χ3n) is 2.83. The Kier molecular flexibility index (Phi) is 3.08. The molecule has 0 saturated carbocycles. The van der Waals surface area contributed by atoms with Crippen LogP contribution in [0.15, 0.2) is 18.2 Å². The van der Waals surface area contributed by atoms with E-state index in [4.69, 9.17) is 0 Å². The first-order valence-electron chi connectivity index (χ1n) is 5.31. The normalized spacial score (nSPS) is 18.5. The first kappa shape index (κ1) is 10.9. The number of hydrogen-bond acceptors (Lipinski definition) is 3. The number of fused-ring (bicyclic) bond motifs is 1. The van der Waals surface area contributed by atoms with Crippen LogP contribution >= 0.6 is 0 Å². The average molecular weight is 223 g/mol. The van der Waals surface area contributed by atoms with Gasteiger partial charge in [-0.25, -0.2) is 4.39 Å². The Bertz CT molecular complexity index is 406. The van der Waals surface area contributed by atoms with E-state index in [0.717, 1.165) is 24.1 Å². The zero-order valence-corrected chi connectivity index (χ0v) is 9.13. The molecule has 1 aromatic carbocycles. The minimum atomic E-state index is -0.219. The molecule has 0 saturated heterocycles. The minimum absolute atomic E-state index is 0.0883. The fourth-order valence-electron chi connectivity index (χ4n) is 1.97. The predicted octanol–water partition coefficient (Wildman–Crippen LogP) is 2.12. The standard InChI is InChI=1S/C12H14FNO2/c1-16-12(15)7-10-4-2-8-6-9(13)3-5-11(8)14-10/h3,5-6,10,14H,2,4,7H2,1H3. The SMILES string of the molecule is COC(=O)CC1CCc2cc(F)ccc2N1. The number of benzene rings is 1. The van der Waals surface area contributed by atoms with Crippen LogP contribution in [0.25, 0.3) is 0 Å². The van der Waals surface area contributed by atoms with Crippen molar-refractivity contribution in [3.63, 3.8) is 0 Å². The first-order chi connectivity index (χ1) is 7.69. The number of halogens is 1. The number of rotatable bonds is 2. The quantitative estimate of drug-likeness (QED) is 0.780. The molecule has 0 bridgehead atoms. The molecule has 0 amide bonds. The lowest BCUT2D eigenvalue weighted by molar-refractivity contribution is -0.140. The maximum atomic E-state index is 13.0. The molecule has 4 heteroatoms. The summed E-state index contributed by atoms with van der Waals surface area (Å²) in [6, 6.07) is 4.77. The number of carbonyl (C=O) groups excluding carboxylic acids is 1. The number of ether oxygens (including phenoxy) is 1. The number of esters is 1. The topological polar surface area (TPSA) is 38.3 Å². The molecule has 1 aliphatic heterocycles. The van der Waals surface area contributed by atoms with Crippen molar-refractivity contribution in [3.8, 4) is 0 Å².